The zero-order chi connectivity index (χ0) is 6.78. The third kappa shape index (κ3) is 3.92. The Kier molecular flexibility index (Phi) is 5.77. The number of rotatable bonds is 2. The van der Waals surface area contributed by atoms with E-state index in [1.165, 1.54) is 21.0 Å². The molecule has 48 valence electrons. The van der Waals surface area contributed by atoms with Gasteiger partial charge in [0.1, 0.15) is 5.60 Å². The molecule has 0 saturated carbocycles. The molecule has 0 aliphatic rings. The molecule has 0 atom stereocenters. The topological polar surface area (TPSA) is 49.4 Å². The summed E-state index contributed by atoms with van der Waals surface area (Å²) in [5.74, 6) is -1.19. The molecule has 0 aromatic carbocycles. The minimum atomic E-state index is -1.19. The minimum Gasteiger partial charge on any atom is -0.547 e. The average molecular weight is 140 g/mol. The van der Waals surface area contributed by atoms with Gasteiger partial charge in [-0.25, -0.2) is 0 Å². The van der Waals surface area contributed by atoms with Gasteiger partial charge in [-0.05, 0) is 13.8 Å². The number of aliphatic carboxylic acids is 1. The summed E-state index contributed by atoms with van der Waals surface area (Å²) >= 11 is 0. The van der Waals surface area contributed by atoms with Crippen LogP contribution in [0.1, 0.15) is 13.8 Å². The molecule has 0 heterocycles. The third-order valence-electron chi connectivity index (χ3n) is 1.00. The van der Waals surface area contributed by atoms with E-state index in [-0.39, 0.29) is 29.6 Å². The van der Waals surface area contributed by atoms with Crippen molar-refractivity contribution in [1.29, 1.82) is 0 Å². The molecule has 0 radical (unpaired) electrons. The molecule has 9 heavy (non-hydrogen) atoms. The summed E-state index contributed by atoms with van der Waals surface area (Å²) in [6.45, 7) is 2.87. The van der Waals surface area contributed by atoms with Gasteiger partial charge in [0.15, 0.2) is 0 Å². The maximum absolute atomic E-state index is 10.0. The van der Waals surface area contributed by atoms with Gasteiger partial charge in [-0.2, -0.15) is 0 Å². The second-order valence-electron chi connectivity index (χ2n) is 2.00. The first-order valence-corrected chi connectivity index (χ1v) is 2.27. The maximum Gasteiger partial charge on any atom is 1.00 e. The molecule has 4 heteroatoms. The molecule has 0 aliphatic heterocycles. The van der Waals surface area contributed by atoms with Crippen LogP contribution < -0.4 is 34.7 Å². The number of carbonyl (C=O) groups excluding carboxylic acids is 1. The van der Waals surface area contributed by atoms with Crippen molar-refractivity contribution >= 4 is 5.97 Å². The first-order valence-electron chi connectivity index (χ1n) is 2.27. The third-order valence-corrected chi connectivity index (χ3v) is 1.00. The van der Waals surface area contributed by atoms with Crippen LogP contribution in [0.5, 0.6) is 0 Å². The van der Waals surface area contributed by atoms with Gasteiger partial charge in [0.2, 0.25) is 0 Å². The van der Waals surface area contributed by atoms with Crippen molar-refractivity contribution in [3.05, 3.63) is 0 Å². The Hall–Kier alpha value is 0.430. The van der Waals surface area contributed by atoms with Gasteiger partial charge >= 0.3 is 29.6 Å². The molecule has 0 unspecified atom stereocenters. The van der Waals surface area contributed by atoms with Crippen LogP contribution in [-0.4, -0.2) is 18.7 Å². The van der Waals surface area contributed by atoms with Crippen LogP contribution >= 0.6 is 0 Å². The van der Waals surface area contributed by atoms with E-state index in [1.807, 2.05) is 0 Å². The summed E-state index contributed by atoms with van der Waals surface area (Å²) in [7, 11) is 1.33. The van der Waals surface area contributed by atoms with E-state index in [0.717, 1.165) is 0 Å². The van der Waals surface area contributed by atoms with E-state index in [2.05, 4.69) is 4.74 Å². The Bertz CT molecular complexity index is 100. The fraction of sp³-hybridized carbons (Fsp3) is 0.800. The molecule has 0 fully saturated rings. The minimum absolute atomic E-state index is 0. The van der Waals surface area contributed by atoms with E-state index in [0.29, 0.717) is 0 Å². The number of ether oxygens (including phenoxy) is 1. The Balaban J connectivity index is 0. The summed E-state index contributed by atoms with van der Waals surface area (Å²) in [6.07, 6.45) is 0. The average Bonchev–Trinajstić information content (AvgIpc) is 1.67. The maximum atomic E-state index is 10.0. The zero-order valence-electron chi connectivity index (χ0n) is 6.22. The van der Waals surface area contributed by atoms with E-state index in [1.54, 1.807) is 0 Å². The molecule has 0 aliphatic carbocycles. The van der Waals surface area contributed by atoms with Gasteiger partial charge in [-0.1, -0.05) is 0 Å². The Morgan fingerprint density at radius 2 is 1.89 bits per heavy atom. The van der Waals surface area contributed by atoms with Crippen molar-refractivity contribution in [2.45, 2.75) is 19.4 Å². The van der Waals surface area contributed by atoms with Crippen LogP contribution in [0, 0.1) is 0 Å². The van der Waals surface area contributed by atoms with Gasteiger partial charge < -0.3 is 14.6 Å². The summed E-state index contributed by atoms with van der Waals surface area (Å²) in [6, 6.07) is 0. The number of hydrogen-bond donors (Lipinski definition) is 0. The summed E-state index contributed by atoms with van der Waals surface area (Å²) < 4.78 is 4.54. The predicted octanol–water partition coefficient (Wildman–Crippen LogP) is -3.83. The molecule has 3 nitrogen and oxygen atoms in total. The summed E-state index contributed by atoms with van der Waals surface area (Å²) in [5.41, 5.74) is -1.15. The van der Waals surface area contributed by atoms with Crippen molar-refractivity contribution in [2.75, 3.05) is 7.11 Å². The second kappa shape index (κ2) is 4.28. The van der Waals surface area contributed by atoms with Gasteiger partial charge in [0.05, 0.1) is 5.97 Å². The van der Waals surface area contributed by atoms with Crippen LogP contribution in [0.2, 0.25) is 0 Å². The van der Waals surface area contributed by atoms with Gasteiger partial charge in [0.25, 0.3) is 0 Å². The van der Waals surface area contributed by atoms with E-state index < -0.39 is 11.6 Å². The monoisotopic (exact) mass is 140 g/mol. The quantitative estimate of drug-likeness (QED) is 0.369. The Labute approximate surface area is 76.7 Å². The molecule has 0 rings (SSSR count). The van der Waals surface area contributed by atoms with Crippen LogP contribution in [0.15, 0.2) is 0 Å². The van der Waals surface area contributed by atoms with E-state index in [4.69, 9.17) is 0 Å². The van der Waals surface area contributed by atoms with E-state index in [9.17, 15) is 9.90 Å². The zero-order valence-corrected chi connectivity index (χ0v) is 8.22. The molecule has 0 N–H and O–H groups in total. The van der Waals surface area contributed by atoms with Crippen molar-refractivity contribution in [2.24, 2.45) is 0 Å². The summed E-state index contributed by atoms with van der Waals surface area (Å²) in [4.78, 5) is 10.0. The first kappa shape index (κ1) is 12.1. The number of methoxy groups -OCH3 is 1. The van der Waals surface area contributed by atoms with Crippen molar-refractivity contribution in [3.8, 4) is 0 Å². The normalized spacial score (nSPS) is 10.1. The largest absolute Gasteiger partial charge is 1.00 e. The van der Waals surface area contributed by atoms with Crippen LogP contribution in [0.4, 0.5) is 0 Å². The number of carboxylic acids is 1. The van der Waals surface area contributed by atoms with E-state index >= 15 is 0 Å². The van der Waals surface area contributed by atoms with Crippen LogP contribution in [0.25, 0.3) is 0 Å². The molecule has 0 aromatic heterocycles. The number of carboxylic acid groups (broad SMARTS) is 1. The number of carbonyl (C=O) groups is 1. The predicted molar refractivity (Wildman–Crippen MR) is 26.1 cm³/mol. The molecule has 0 bridgehead atoms. The van der Waals surface area contributed by atoms with Gasteiger partial charge in [-0.15, -0.1) is 0 Å². The van der Waals surface area contributed by atoms with Gasteiger partial charge in [0, 0.05) is 7.11 Å². The fourth-order valence-corrected chi connectivity index (χ4v) is 0.0833. The Morgan fingerprint density at radius 1 is 1.56 bits per heavy atom. The van der Waals surface area contributed by atoms with Crippen molar-refractivity contribution in [3.63, 3.8) is 0 Å². The molecule has 0 saturated heterocycles. The molecular formula is C5H9NaO3. The molecular weight excluding hydrogens is 131 g/mol. The van der Waals surface area contributed by atoms with Crippen LogP contribution in [-0.2, 0) is 9.53 Å². The molecule has 0 amide bonds. The first-order chi connectivity index (χ1) is 3.50. The second-order valence-corrected chi connectivity index (χ2v) is 2.00. The number of hydrogen-bond acceptors (Lipinski definition) is 3. The van der Waals surface area contributed by atoms with Crippen LogP contribution in [0.3, 0.4) is 0 Å². The molecule has 0 aromatic rings. The summed E-state index contributed by atoms with van der Waals surface area (Å²) in [5, 5.41) is 10.0. The van der Waals surface area contributed by atoms with Gasteiger partial charge in [-0.3, -0.25) is 0 Å². The Morgan fingerprint density at radius 3 is 1.89 bits per heavy atom. The smallest absolute Gasteiger partial charge is 0.547 e. The standard InChI is InChI=1S/C5H10O3.Na/c1-5(2,8-3)4(6)7;/h1-3H3,(H,6,7);/q;+1/p-1. The van der Waals surface area contributed by atoms with Crippen molar-refractivity contribution in [1.82, 2.24) is 0 Å². The van der Waals surface area contributed by atoms with Crippen molar-refractivity contribution < 1.29 is 44.2 Å². The molecule has 0 spiro atoms. The SMILES string of the molecule is COC(C)(C)C(=O)[O-].[Na+]. The fourth-order valence-electron chi connectivity index (χ4n) is 0.0833.